The zero-order valence-electron chi connectivity index (χ0n) is 40.1. The smallest absolute Gasteiger partial charge is 0.122 e. The van der Waals surface area contributed by atoms with Gasteiger partial charge in [-0.15, -0.1) is 0 Å². The molecule has 0 aliphatic heterocycles. The number of unbranched alkanes of at least 4 members (excludes halogenated alkanes) is 10. The number of aryl methyl sites for hydroxylation is 10. The van der Waals surface area contributed by atoms with E-state index in [1.165, 1.54) is 92.0 Å². The maximum absolute atomic E-state index is 9.68. The number of rotatable bonds is 17. The lowest BCUT2D eigenvalue weighted by Gasteiger charge is -2.14. The summed E-state index contributed by atoms with van der Waals surface area (Å²) in [6, 6.07) is 26.4. The molecule has 0 saturated heterocycles. The van der Waals surface area contributed by atoms with Crippen LogP contribution in [0.3, 0.4) is 0 Å². The Labute approximate surface area is 371 Å². The number of ether oxygens (including phenoxy) is 2. The van der Waals surface area contributed by atoms with Crippen LogP contribution in [-0.4, -0.2) is 28.5 Å². The molecule has 0 spiro atoms. The van der Waals surface area contributed by atoms with Gasteiger partial charge in [0.1, 0.15) is 28.7 Å². The standard InChI is InChI=1S/C24H42O2.C14H14O.2C9H12O/c1-5-7-9-11-13-15-17-25-23-19-22(4)24(20-21(23)3)26-18-16-14-12-10-8-6-2;1-10-8-13(9-11(2)14(10)15)12-6-4-3-5-7-12;2*1-6-4-7(2)9(10)8(3)5-6/h19-20H,5-18H2,1-4H3;3-9,15H,1-2H3;2*4-5,10H,1-3H3. The normalized spacial score (nSPS) is 10.4. The Bertz CT molecular complexity index is 1840. The van der Waals surface area contributed by atoms with Crippen molar-refractivity contribution < 1.29 is 24.8 Å². The molecule has 5 aromatic rings. The third kappa shape index (κ3) is 19.6. The quantitative estimate of drug-likeness (QED) is 0.0814. The van der Waals surface area contributed by atoms with Crippen LogP contribution in [0.4, 0.5) is 0 Å². The van der Waals surface area contributed by atoms with Crippen LogP contribution in [0.2, 0.25) is 0 Å². The van der Waals surface area contributed by atoms with Gasteiger partial charge in [0.25, 0.3) is 0 Å². The van der Waals surface area contributed by atoms with Crippen LogP contribution in [0.25, 0.3) is 11.1 Å². The topological polar surface area (TPSA) is 79.2 Å². The molecule has 0 atom stereocenters. The third-order valence-electron chi connectivity index (χ3n) is 10.9. The molecule has 0 aliphatic carbocycles. The lowest BCUT2D eigenvalue weighted by molar-refractivity contribution is 0.293. The number of hydrogen-bond acceptors (Lipinski definition) is 5. The van der Waals surface area contributed by atoms with E-state index in [4.69, 9.17) is 9.47 Å². The maximum Gasteiger partial charge on any atom is 0.122 e. The first-order valence-corrected chi connectivity index (χ1v) is 22.9. The van der Waals surface area contributed by atoms with Crippen LogP contribution in [-0.2, 0) is 0 Å². The van der Waals surface area contributed by atoms with Gasteiger partial charge in [0.15, 0.2) is 0 Å². The average Bonchev–Trinajstić information content (AvgIpc) is 3.22. The predicted octanol–water partition coefficient (Wildman–Crippen LogP) is 16.1. The molecule has 0 amide bonds. The molecule has 5 heteroatoms. The van der Waals surface area contributed by atoms with Crippen LogP contribution in [0.1, 0.15) is 147 Å². The molecule has 0 aromatic heterocycles. The van der Waals surface area contributed by atoms with Crippen molar-refractivity contribution in [1.82, 2.24) is 0 Å². The number of hydrogen-bond donors (Lipinski definition) is 3. The van der Waals surface area contributed by atoms with Crippen molar-refractivity contribution in [1.29, 1.82) is 0 Å². The van der Waals surface area contributed by atoms with Gasteiger partial charge < -0.3 is 24.8 Å². The molecule has 5 aromatic carbocycles. The number of phenols is 3. The summed E-state index contributed by atoms with van der Waals surface area (Å²) in [5.74, 6) is 3.27. The Morgan fingerprint density at radius 3 is 1.00 bits per heavy atom. The first kappa shape index (κ1) is 52.2. The molecule has 0 bridgehead atoms. The summed E-state index contributed by atoms with van der Waals surface area (Å²) >= 11 is 0. The van der Waals surface area contributed by atoms with Crippen LogP contribution in [0.5, 0.6) is 28.7 Å². The molecule has 0 radical (unpaired) electrons. The summed E-state index contributed by atoms with van der Waals surface area (Å²) in [4.78, 5) is 0. The molecular formula is C56H80O5. The van der Waals surface area contributed by atoms with Crippen LogP contribution >= 0.6 is 0 Å². The van der Waals surface area contributed by atoms with Crippen molar-refractivity contribution in [2.75, 3.05) is 13.2 Å². The Balaban J connectivity index is 0.000000306. The lowest BCUT2D eigenvalue weighted by atomic mass is 10.00. The molecule has 0 saturated carbocycles. The van der Waals surface area contributed by atoms with Gasteiger partial charge in [-0.05, 0) is 162 Å². The minimum Gasteiger partial charge on any atom is -0.507 e. The fourth-order valence-corrected chi connectivity index (χ4v) is 7.30. The van der Waals surface area contributed by atoms with Gasteiger partial charge in [0, 0.05) is 0 Å². The van der Waals surface area contributed by atoms with E-state index in [-0.39, 0.29) is 0 Å². The Morgan fingerprint density at radius 1 is 0.344 bits per heavy atom. The molecule has 0 unspecified atom stereocenters. The van der Waals surface area contributed by atoms with Gasteiger partial charge in [-0.1, -0.05) is 144 Å². The first-order chi connectivity index (χ1) is 29.1. The Morgan fingerprint density at radius 2 is 0.656 bits per heavy atom. The zero-order chi connectivity index (χ0) is 45.3. The third-order valence-corrected chi connectivity index (χ3v) is 10.9. The Kier molecular flexibility index (Phi) is 24.5. The SMILES string of the molecule is CCCCCCCCOc1cc(C)c(OCCCCCCCC)cc1C.Cc1cc(-c2ccccc2)cc(C)c1O.Cc1cc(C)c(O)c(C)c1.Cc1cc(C)c(O)c(C)c1. The van der Waals surface area contributed by atoms with Gasteiger partial charge in [-0.2, -0.15) is 0 Å². The Hall–Kier alpha value is -4.90. The van der Waals surface area contributed by atoms with E-state index in [1.807, 2.05) is 110 Å². The second-order valence-electron chi connectivity index (χ2n) is 16.9. The summed E-state index contributed by atoms with van der Waals surface area (Å²) in [5.41, 5.74) is 12.8. The van der Waals surface area contributed by atoms with E-state index in [1.54, 1.807) is 0 Å². The summed E-state index contributed by atoms with van der Waals surface area (Å²) in [7, 11) is 0. The van der Waals surface area contributed by atoms with E-state index < -0.39 is 0 Å². The molecule has 5 nitrogen and oxygen atoms in total. The minimum atomic E-state index is 0.398. The van der Waals surface area contributed by atoms with Crippen molar-refractivity contribution in [3.05, 3.63) is 134 Å². The molecule has 0 fully saturated rings. The minimum absolute atomic E-state index is 0.398. The highest BCUT2D eigenvalue weighted by Crippen LogP contribution is 2.30. The maximum atomic E-state index is 9.68. The van der Waals surface area contributed by atoms with E-state index in [2.05, 4.69) is 52.0 Å². The molecule has 3 N–H and O–H groups in total. The zero-order valence-corrected chi connectivity index (χ0v) is 40.1. The van der Waals surface area contributed by atoms with Crippen LogP contribution in [0.15, 0.2) is 78.9 Å². The van der Waals surface area contributed by atoms with E-state index in [0.717, 1.165) is 76.5 Å². The molecule has 61 heavy (non-hydrogen) atoms. The summed E-state index contributed by atoms with van der Waals surface area (Å²) in [6.07, 6.45) is 15.6. The molecule has 5 rings (SSSR count). The monoisotopic (exact) mass is 833 g/mol. The van der Waals surface area contributed by atoms with Crippen molar-refractivity contribution >= 4 is 0 Å². The van der Waals surface area contributed by atoms with E-state index in [9.17, 15) is 15.3 Å². The number of aromatic hydroxyl groups is 3. The van der Waals surface area contributed by atoms with Crippen molar-refractivity contribution in [3.63, 3.8) is 0 Å². The fraction of sp³-hybridized carbons (Fsp3) is 0.464. The van der Waals surface area contributed by atoms with Gasteiger partial charge in [0.05, 0.1) is 13.2 Å². The summed E-state index contributed by atoms with van der Waals surface area (Å²) in [5, 5.41) is 28.3. The van der Waals surface area contributed by atoms with Crippen molar-refractivity contribution in [2.45, 2.75) is 160 Å². The first-order valence-electron chi connectivity index (χ1n) is 22.9. The van der Waals surface area contributed by atoms with Gasteiger partial charge >= 0.3 is 0 Å². The van der Waals surface area contributed by atoms with E-state index in [0.29, 0.717) is 17.2 Å². The number of benzene rings is 5. The summed E-state index contributed by atoms with van der Waals surface area (Å²) < 4.78 is 12.0. The molecular weight excluding hydrogens is 753 g/mol. The molecule has 0 heterocycles. The van der Waals surface area contributed by atoms with Crippen molar-refractivity contribution in [3.8, 4) is 39.9 Å². The average molecular weight is 833 g/mol. The largest absolute Gasteiger partial charge is 0.507 e. The van der Waals surface area contributed by atoms with Gasteiger partial charge in [-0.3, -0.25) is 0 Å². The van der Waals surface area contributed by atoms with Crippen LogP contribution < -0.4 is 9.47 Å². The highest BCUT2D eigenvalue weighted by atomic mass is 16.5. The van der Waals surface area contributed by atoms with Crippen molar-refractivity contribution in [2.24, 2.45) is 0 Å². The second-order valence-corrected chi connectivity index (χ2v) is 16.9. The molecule has 334 valence electrons. The highest BCUT2D eigenvalue weighted by molar-refractivity contribution is 5.67. The van der Waals surface area contributed by atoms with Crippen LogP contribution in [0, 0.1) is 69.2 Å². The predicted molar refractivity (Wildman–Crippen MR) is 261 cm³/mol. The fourth-order valence-electron chi connectivity index (χ4n) is 7.30. The van der Waals surface area contributed by atoms with Gasteiger partial charge in [-0.25, -0.2) is 0 Å². The van der Waals surface area contributed by atoms with E-state index >= 15 is 0 Å². The van der Waals surface area contributed by atoms with Gasteiger partial charge in [0.2, 0.25) is 0 Å². The highest BCUT2D eigenvalue weighted by Gasteiger charge is 2.08. The molecule has 0 aliphatic rings. The second kappa shape index (κ2) is 28.6. The number of phenolic OH excluding ortho intramolecular Hbond substituents is 3. The lowest BCUT2D eigenvalue weighted by Crippen LogP contribution is -2.02. The summed E-state index contributed by atoms with van der Waals surface area (Å²) in [6.45, 7) is 26.0.